The molecule has 2 rings (SSSR count). The van der Waals surface area contributed by atoms with Gasteiger partial charge in [-0.2, -0.15) is 0 Å². The highest BCUT2D eigenvalue weighted by Gasteiger charge is 2.03. The smallest absolute Gasteiger partial charge is 0.205 e. The van der Waals surface area contributed by atoms with Crippen LogP contribution in [0.2, 0.25) is 5.02 Å². The van der Waals surface area contributed by atoms with Crippen LogP contribution in [0.3, 0.4) is 0 Å². The lowest BCUT2D eigenvalue weighted by atomic mass is 10.2. The predicted molar refractivity (Wildman–Crippen MR) is 74.0 cm³/mol. The molecule has 1 aromatic heterocycles. The van der Waals surface area contributed by atoms with Crippen LogP contribution < -0.4 is 5.32 Å². The normalized spacial score (nSPS) is 10.6. The lowest BCUT2D eigenvalue weighted by molar-refractivity contribution is 0.106. The minimum Gasteiger partial charge on any atom is -0.370 e. The molecule has 0 atom stereocenters. The Balaban J connectivity index is 1.79. The van der Waals surface area contributed by atoms with Crippen molar-refractivity contribution in [1.82, 2.24) is 10.2 Å². The lowest BCUT2D eigenvalue weighted by Gasteiger charge is -2.01. The zero-order valence-electron chi connectivity index (χ0n) is 10.0. The van der Waals surface area contributed by atoms with Crippen LogP contribution in [0.1, 0.15) is 17.5 Å². The Morgan fingerprint density at radius 1 is 1.22 bits per heavy atom. The third-order valence-corrected chi connectivity index (χ3v) is 3.31. The Labute approximate surface area is 115 Å². The van der Waals surface area contributed by atoms with Gasteiger partial charge in [0.05, 0.1) is 6.61 Å². The summed E-state index contributed by atoms with van der Waals surface area (Å²) in [5.41, 5.74) is 1.09. The van der Waals surface area contributed by atoms with Crippen LogP contribution in [0.15, 0.2) is 24.3 Å². The highest BCUT2D eigenvalue weighted by atomic mass is 35.5. The molecule has 0 unspecified atom stereocenters. The Hall–Kier alpha value is -1.17. The first kappa shape index (κ1) is 13.3. The van der Waals surface area contributed by atoms with Crippen molar-refractivity contribution in [2.75, 3.05) is 11.9 Å². The quantitative estimate of drug-likeness (QED) is 0.883. The molecule has 1 N–H and O–H groups in total. The molecule has 0 bridgehead atoms. The van der Waals surface area contributed by atoms with Gasteiger partial charge in [-0.3, -0.25) is 0 Å². The molecule has 0 amide bonds. The number of benzene rings is 1. The molecule has 18 heavy (non-hydrogen) atoms. The van der Waals surface area contributed by atoms with Gasteiger partial charge in [0.2, 0.25) is 5.13 Å². The van der Waals surface area contributed by atoms with Crippen LogP contribution in [-0.2, 0) is 18.0 Å². The summed E-state index contributed by atoms with van der Waals surface area (Å²) in [6.45, 7) is 3.90. The number of halogens is 1. The van der Waals surface area contributed by atoms with Crippen molar-refractivity contribution in [2.45, 2.75) is 20.1 Å². The first-order valence-electron chi connectivity index (χ1n) is 5.66. The van der Waals surface area contributed by atoms with Crippen molar-refractivity contribution in [3.05, 3.63) is 39.9 Å². The molecule has 0 aliphatic heterocycles. The second-order valence-electron chi connectivity index (χ2n) is 3.65. The number of aromatic nitrogens is 2. The van der Waals surface area contributed by atoms with Crippen LogP contribution in [0, 0.1) is 0 Å². The van der Waals surface area contributed by atoms with E-state index in [1.807, 2.05) is 31.2 Å². The summed E-state index contributed by atoms with van der Waals surface area (Å²) < 4.78 is 5.57. The second kappa shape index (κ2) is 6.68. The average molecular weight is 284 g/mol. The first-order chi connectivity index (χ1) is 8.78. The predicted octanol–water partition coefficient (Wildman–Crippen LogP) is 3.34. The number of hydrogen-bond acceptors (Lipinski definition) is 5. The van der Waals surface area contributed by atoms with Gasteiger partial charge in [0.1, 0.15) is 11.6 Å². The van der Waals surface area contributed by atoms with E-state index >= 15 is 0 Å². The molecule has 0 spiro atoms. The molecule has 96 valence electrons. The lowest BCUT2D eigenvalue weighted by Crippen LogP contribution is -1.94. The topological polar surface area (TPSA) is 47.0 Å². The number of anilines is 1. The van der Waals surface area contributed by atoms with Gasteiger partial charge in [-0.15, -0.1) is 10.2 Å². The van der Waals surface area contributed by atoms with Crippen molar-refractivity contribution in [2.24, 2.45) is 0 Å². The Kier molecular flexibility index (Phi) is 4.92. The van der Waals surface area contributed by atoms with E-state index in [4.69, 9.17) is 16.3 Å². The van der Waals surface area contributed by atoms with Gasteiger partial charge in [-0.05, 0) is 24.6 Å². The van der Waals surface area contributed by atoms with Gasteiger partial charge < -0.3 is 10.1 Å². The Morgan fingerprint density at radius 2 is 2.00 bits per heavy atom. The standard InChI is InChI=1S/C12H14ClN3OS/c1-2-14-12-16-15-11(18-12)8-17-7-9-3-5-10(13)6-4-9/h3-6H,2,7-8H2,1H3,(H,14,16). The van der Waals surface area contributed by atoms with Crippen molar-refractivity contribution < 1.29 is 4.74 Å². The Morgan fingerprint density at radius 3 is 2.72 bits per heavy atom. The van der Waals surface area contributed by atoms with Gasteiger partial charge in [0.25, 0.3) is 0 Å². The molecular formula is C12H14ClN3OS. The van der Waals surface area contributed by atoms with E-state index in [1.54, 1.807) is 0 Å². The molecule has 0 saturated carbocycles. The minimum atomic E-state index is 0.478. The van der Waals surface area contributed by atoms with Crippen LogP contribution in [-0.4, -0.2) is 16.7 Å². The molecule has 0 fully saturated rings. The number of nitrogens with zero attached hydrogens (tertiary/aromatic N) is 2. The highest BCUT2D eigenvalue weighted by Crippen LogP contribution is 2.16. The first-order valence-corrected chi connectivity index (χ1v) is 6.86. The van der Waals surface area contributed by atoms with Crippen LogP contribution in [0.25, 0.3) is 0 Å². The van der Waals surface area contributed by atoms with Crippen molar-refractivity contribution in [1.29, 1.82) is 0 Å². The Bertz CT molecular complexity index is 486. The van der Waals surface area contributed by atoms with Gasteiger partial charge in [0, 0.05) is 11.6 Å². The fourth-order valence-corrected chi connectivity index (χ4v) is 2.24. The highest BCUT2D eigenvalue weighted by molar-refractivity contribution is 7.15. The molecule has 0 aliphatic carbocycles. The third-order valence-electron chi connectivity index (χ3n) is 2.20. The third kappa shape index (κ3) is 3.94. The minimum absolute atomic E-state index is 0.478. The van der Waals surface area contributed by atoms with E-state index in [0.717, 1.165) is 27.3 Å². The maximum absolute atomic E-state index is 5.81. The van der Waals surface area contributed by atoms with Crippen molar-refractivity contribution in [3.8, 4) is 0 Å². The number of rotatable bonds is 6. The molecule has 1 aromatic carbocycles. The summed E-state index contributed by atoms with van der Waals surface area (Å²) in [6.07, 6.45) is 0. The maximum Gasteiger partial charge on any atom is 0.205 e. The maximum atomic E-state index is 5.81. The fourth-order valence-electron chi connectivity index (χ4n) is 1.37. The number of hydrogen-bond donors (Lipinski definition) is 1. The summed E-state index contributed by atoms with van der Waals surface area (Å²) in [5, 5.41) is 13.6. The molecule has 0 saturated heterocycles. The van der Waals surface area contributed by atoms with E-state index in [0.29, 0.717) is 13.2 Å². The summed E-state index contributed by atoms with van der Waals surface area (Å²) in [5.74, 6) is 0. The van der Waals surface area contributed by atoms with Crippen molar-refractivity contribution in [3.63, 3.8) is 0 Å². The van der Waals surface area contributed by atoms with Gasteiger partial charge in [0.15, 0.2) is 0 Å². The van der Waals surface area contributed by atoms with Crippen LogP contribution in [0.5, 0.6) is 0 Å². The SMILES string of the molecule is CCNc1nnc(COCc2ccc(Cl)cc2)s1. The molecule has 4 nitrogen and oxygen atoms in total. The van der Waals surface area contributed by atoms with Gasteiger partial charge in [-0.1, -0.05) is 35.1 Å². The van der Waals surface area contributed by atoms with E-state index in [1.165, 1.54) is 11.3 Å². The van der Waals surface area contributed by atoms with E-state index in [9.17, 15) is 0 Å². The number of ether oxygens (including phenoxy) is 1. The van der Waals surface area contributed by atoms with Crippen LogP contribution >= 0.6 is 22.9 Å². The van der Waals surface area contributed by atoms with Crippen LogP contribution in [0.4, 0.5) is 5.13 Å². The van der Waals surface area contributed by atoms with E-state index in [-0.39, 0.29) is 0 Å². The molecule has 0 aliphatic rings. The summed E-state index contributed by atoms with van der Waals surface area (Å²) in [4.78, 5) is 0. The molecule has 1 heterocycles. The molecule has 2 aromatic rings. The molecule has 0 radical (unpaired) electrons. The van der Waals surface area contributed by atoms with Gasteiger partial charge in [-0.25, -0.2) is 0 Å². The monoisotopic (exact) mass is 283 g/mol. The average Bonchev–Trinajstić information content (AvgIpc) is 2.80. The fraction of sp³-hybridized carbons (Fsp3) is 0.333. The molecule has 6 heteroatoms. The zero-order valence-corrected chi connectivity index (χ0v) is 11.6. The molecular weight excluding hydrogens is 270 g/mol. The number of nitrogens with one attached hydrogen (secondary N) is 1. The van der Waals surface area contributed by atoms with Gasteiger partial charge >= 0.3 is 0 Å². The zero-order chi connectivity index (χ0) is 12.8. The van der Waals surface area contributed by atoms with Crippen molar-refractivity contribution >= 4 is 28.1 Å². The summed E-state index contributed by atoms with van der Waals surface area (Å²) in [7, 11) is 0. The second-order valence-corrected chi connectivity index (χ2v) is 5.15. The summed E-state index contributed by atoms with van der Waals surface area (Å²) >= 11 is 7.33. The van der Waals surface area contributed by atoms with E-state index in [2.05, 4.69) is 15.5 Å². The largest absolute Gasteiger partial charge is 0.370 e. The summed E-state index contributed by atoms with van der Waals surface area (Å²) in [6, 6.07) is 7.61. The van der Waals surface area contributed by atoms with E-state index < -0.39 is 0 Å².